The van der Waals surface area contributed by atoms with Gasteiger partial charge in [-0.1, -0.05) is 11.6 Å². The van der Waals surface area contributed by atoms with E-state index in [0.29, 0.717) is 40.8 Å². The SMILES string of the molecule is Nc1ccc(Cl)cc1-c1cc2n(c(=O)c1)C(c1nnc(-c3ccc([N+](=O)[O-])cc3)[nH]1)CC2. The second kappa shape index (κ2) is 7.61. The second-order valence-corrected chi connectivity index (χ2v) is 8.03. The number of nitro groups is 1. The van der Waals surface area contributed by atoms with Gasteiger partial charge >= 0.3 is 0 Å². The Balaban J connectivity index is 1.48. The molecule has 0 saturated carbocycles. The van der Waals surface area contributed by atoms with E-state index in [0.717, 1.165) is 16.8 Å². The summed E-state index contributed by atoms with van der Waals surface area (Å²) in [5.74, 6) is 1.05. The molecule has 0 spiro atoms. The number of nitrogens with one attached hydrogen (secondary N) is 1. The number of nitro benzene ring substituents is 1. The van der Waals surface area contributed by atoms with Crippen molar-refractivity contribution in [1.82, 2.24) is 19.7 Å². The third-order valence-electron chi connectivity index (χ3n) is 5.63. The summed E-state index contributed by atoms with van der Waals surface area (Å²) < 4.78 is 1.71. The van der Waals surface area contributed by atoms with Gasteiger partial charge in [0, 0.05) is 45.7 Å². The van der Waals surface area contributed by atoms with Crippen LogP contribution in [0, 0.1) is 10.1 Å². The van der Waals surface area contributed by atoms with Gasteiger partial charge in [-0.2, -0.15) is 0 Å². The highest BCUT2D eigenvalue weighted by Crippen LogP contribution is 2.34. The third kappa shape index (κ3) is 3.42. The van der Waals surface area contributed by atoms with E-state index in [-0.39, 0.29) is 17.3 Å². The lowest BCUT2D eigenvalue weighted by Gasteiger charge is -2.13. The molecule has 1 aliphatic heterocycles. The summed E-state index contributed by atoms with van der Waals surface area (Å²) in [4.78, 5) is 26.6. The fourth-order valence-corrected chi connectivity index (χ4v) is 4.26. The predicted octanol–water partition coefficient (Wildman–Crippen LogP) is 3.98. The Morgan fingerprint density at radius 1 is 1.09 bits per heavy atom. The van der Waals surface area contributed by atoms with Crippen LogP contribution in [0.4, 0.5) is 11.4 Å². The van der Waals surface area contributed by atoms with Crippen LogP contribution in [-0.2, 0) is 6.42 Å². The number of halogens is 1. The van der Waals surface area contributed by atoms with E-state index in [4.69, 9.17) is 17.3 Å². The van der Waals surface area contributed by atoms with Crippen LogP contribution in [0.5, 0.6) is 0 Å². The van der Waals surface area contributed by atoms with Crippen molar-refractivity contribution in [3.63, 3.8) is 0 Å². The molecule has 0 saturated heterocycles. The second-order valence-electron chi connectivity index (χ2n) is 7.59. The number of H-pyrrole nitrogens is 1. The van der Waals surface area contributed by atoms with E-state index in [1.165, 1.54) is 12.1 Å². The summed E-state index contributed by atoms with van der Waals surface area (Å²) in [7, 11) is 0. The van der Waals surface area contributed by atoms with Crippen LogP contribution >= 0.6 is 11.6 Å². The van der Waals surface area contributed by atoms with Crippen LogP contribution in [0.15, 0.2) is 59.4 Å². The molecule has 1 atom stereocenters. The molecular weight excluding hydrogens is 432 g/mol. The molecular formula is C22H17ClN6O3. The number of nitrogens with two attached hydrogens (primary N) is 1. The summed E-state index contributed by atoms with van der Waals surface area (Å²) >= 11 is 6.11. The van der Waals surface area contributed by atoms with Gasteiger partial charge in [0.25, 0.3) is 11.2 Å². The maximum atomic E-state index is 13.0. The van der Waals surface area contributed by atoms with Crippen LogP contribution in [-0.4, -0.2) is 24.7 Å². The molecule has 9 nitrogen and oxygen atoms in total. The zero-order chi connectivity index (χ0) is 22.4. The molecule has 0 aliphatic carbocycles. The number of aromatic nitrogens is 4. The first-order valence-corrected chi connectivity index (χ1v) is 10.3. The summed E-state index contributed by atoms with van der Waals surface area (Å²) in [5, 5.41) is 19.8. The lowest BCUT2D eigenvalue weighted by atomic mass is 10.0. The first-order valence-electron chi connectivity index (χ1n) is 9.89. The molecule has 5 rings (SSSR count). The van der Waals surface area contributed by atoms with Gasteiger partial charge < -0.3 is 15.3 Å². The van der Waals surface area contributed by atoms with E-state index in [1.54, 1.807) is 41.0 Å². The minimum absolute atomic E-state index is 0.000839. The van der Waals surface area contributed by atoms with Crippen molar-refractivity contribution in [2.45, 2.75) is 18.9 Å². The average molecular weight is 449 g/mol. The Bertz CT molecular complexity index is 1410. The molecule has 2 aromatic carbocycles. The molecule has 4 aromatic rings. The number of benzene rings is 2. The molecule has 160 valence electrons. The molecule has 3 heterocycles. The zero-order valence-corrected chi connectivity index (χ0v) is 17.4. The Kier molecular flexibility index (Phi) is 4.75. The molecule has 1 aliphatic rings. The standard InChI is InChI=1S/C22H17ClN6O3/c23-14-3-7-18(24)17(11-14)13-9-16-6-8-19(28(16)20(30)10-13)22-25-21(26-27-22)12-1-4-15(5-2-12)29(31)32/h1-5,7,9-11,19H,6,8,24H2,(H,25,26,27). The molecule has 1 unspecified atom stereocenters. The predicted molar refractivity (Wildman–Crippen MR) is 120 cm³/mol. The van der Waals surface area contributed by atoms with Crippen molar-refractivity contribution in [1.29, 1.82) is 0 Å². The first-order chi connectivity index (χ1) is 15.4. The van der Waals surface area contributed by atoms with Crippen LogP contribution in [0.25, 0.3) is 22.5 Å². The molecule has 32 heavy (non-hydrogen) atoms. The monoisotopic (exact) mass is 448 g/mol. The van der Waals surface area contributed by atoms with Gasteiger partial charge in [-0.3, -0.25) is 14.9 Å². The van der Waals surface area contributed by atoms with Gasteiger partial charge in [0.15, 0.2) is 11.6 Å². The number of hydrogen-bond acceptors (Lipinski definition) is 6. The zero-order valence-electron chi connectivity index (χ0n) is 16.7. The van der Waals surface area contributed by atoms with E-state index in [9.17, 15) is 14.9 Å². The topological polar surface area (TPSA) is 133 Å². The molecule has 0 fully saturated rings. The Morgan fingerprint density at radius 3 is 2.62 bits per heavy atom. The number of nitrogens with zero attached hydrogens (tertiary/aromatic N) is 4. The van der Waals surface area contributed by atoms with Gasteiger partial charge in [-0.15, -0.1) is 10.2 Å². The minimum Gasteiger partial charge on any atom is -0.398 e. The van der Waals surface area contributed by atoms with Gasteiger partial charge in [-0.05, 0) is 54.8 Å². The van der Waals surface area contributed by atoms with Gasteiger partial charge in [0.05, 0.1) is 11.0 Å². The lowest BCUT2D eigenvalue weighted by Crippen LogP contribution is -2.23. The van der Waals surface area contributed by atoms with Crippen molar-refractivity contribution in [3.8, 4) is 22.5 Å². The number of anilines is 1. The molecule has 2 aromatic heterocycles. The maximum absolute atomic E-state index is 13.0. The highest BCUT2D eigenvalue weighted by molar-refractivity contribution is 6.31. The number of nitrogen functional groups attached to an aromatic ring is 1. The number of hydrogen-bond donors (Lipinski definition) is 2. The quantitative estimate of drug-likeness (QED) is 0.275. The average Bonchev–Trinajstić information content (AvgIpc) is 3.43. The number of rotatable bonds is 4. The summed E-state index contributed by atoms with van der Waals surface area (Å²) in [5.41, 5.74) is 9.49. The van der Waals surface area contributed by atoms with Crippen LogP contribution < -0.4 is 11.3 Å². The summed E-state index contributed by atoms with van der Waals surface area (Å²) in [6.45, 7) is 0. The molecule has 0 bridgehead atoms. The number of pyridine rings is 1. The highest BCUT2D eigenvalue weighted by Gasteiger charge is 2.28. The Hall–Kier alpha value is -3.98. The van der Waals surface area contributed by atoms with Gasteiger partial charge in [0.1, 0.15) is 0 Å². The van der Waals surface area contributed by atoms with Crippen molar-refractivity contribution in [2.75, 3.05) is 5.73 Å². The normalized spacial score (nSPS) is 15.0. The van der Waals surface area contributed by atoms with Crippen molar-refractivity contribution in [2.24, 2.45) is 0 Å². The summed E-state index contributed by atoms with van der Waals surface area (Å²) in [6.07, 6.45) is 1.39. The molecule has 10 heteroatoms. The maximum Gasteiger partial charge on any atom is 0.269 e. The highest BCUT2D eigenvalue weighted by atomic mass is 35.5. The first kappa shape index (κ1) is 20.0. The third-order valence-corrected chi connectivity index (χ3v) is 5.87. The van der Waals surface area contributed by atoms with Crippen molar-refractivity contribution in [3.05, 3.63) is 91.6 Å². The fourth-order valence-electron chi connectivity index (χ4n) is 4.08. The van der Waals surface area contributed by atoms with Gasteiger partial charge in [-0.25, -0.2) is 0 Å². The molecule has 0 radical (unpaired) electrons. The number of non-ortho nitro benzene ring substituents is 1. The van der Waals surface area contributed by atoms with Crippen LogP contribution in [0.3, 0.4) is 0 Å². The number of fused-ring (bicyclic) bond motifs is 1. The Labute approximate surface area is 186 Å². The molecule has 0 amide bonds. The van der Waals surface area contributed by atoms with E-state index >= 15 is 0 Å². The van der Waals surface area contributed by atoms with E-state index < -0.39 is 4.92 Å². The number of aromatic amines is 1. The fraction of sp³-hybridized carbons (Fsp3) is 0.136. The largest absolute Gasteiger partial charge is 0.398 e. The van der Waals surface area contributed by atoms with Crippen LogP contribution in [0.2, 0.25) is 5.02 Å². The van der Waals surface area contributed by atoms with Crippen molar-refractivity contribution < 1.29 is 4.92 Å². The van der Waals surface area contributed by atoms with Crippen molar-refractivity contribution >= 4 is 23.0 Å². The lowest BCUT2D eigenvalue weighted by molar-refractivity contribution is -0.384. The van der Waals surface area contributed by atoms with E-state index in [2.05, 4.69) is 15.2 Å². The molecule has 3 N–H and O–H groups in total. The Morgan fingerprint density at radius 2 is 1.88 bits per heavy atom. The van der Waals surface area contributed by atoms with E-state index in [1.807, 2.05) is 6.07 Å². The van der Waals surface area contributed by atoms with Gasteiger partial charge in [0.2, 0.25) is 0 Å². The van der Waals surface area contributed by atoms with Crippen LogP contribution in [0.1, 0.15) is 24.0 Å². The summed E-state index contributed by atoms with van der Waals surface area (Å²) in [6, 6.07) is 14.5. The number of aryl methyl sites for hydroxylation is 1. The minimum atomic E-state index is -0.456. The smallest absolute Gasteiger partial charge is 0.269 e.